The Morgan fingerprint density at radius 3 is 1.24 bits per heavy atom. The third-order valence-electron chi connectivity index (χ3n) is 8.18. The Kier molecular flexibility index (Phi) is 12.2. The zero-order chi connectivity index (χ0) is 35.6. The van der Waals surface area contributed by atoms with Gasteiger partial charge in [-0.15, -0.1) is 0 Å². The van der Waals surface area contributed by atoms with Gasteiger partial charge in [0.15, 0.2) is 12.2 Å². The molecule has 5 aromatic rings. The van der Waals surface area contributed by atoms with E-state index >= 15 is 0 Å². The Bertz CT molecular complexity index is 1810. The molecule has 50 heavy (non-hydrogen) atoms. The summed E-state index contributed by atoms with van der Waals surface area (Å²) >= 11 is 0. The summed E-state index contributed by atoms with van der Waals surface area (Å²) in [5.74, 6) is 2.02. The smallest absolute Gasteiger partial charge is 0.306 e. The van der Waals surface area contributed by atoms with Crippen molar-refractivity contribution < 1.29 is 38.0 Å². The van der Waals surface area contributed by atoms with Crippen molar-refractivity contribution in [3.63, 3.8) is 0 Å². The highest BCUT2D eigenvalue weighted by Gasteiger charge is 2.23. The van der Waals surface area contributed by atoms with Crippen LogP contribution in [-0.2, 0) is 19.1 Å². The Hall–Kier alpha value is -5.24. The molecule has 0 aliphatic heterocycles. The number of hydrogen-bond donors (Lipinski definition) is 0. The minimum Gasteiger partial charge on any atom is -0.490 e. The van der Waals surface area contributed by atoms with Gasteiger partial charge >= 0.3 is 11.9 Å². The van der Waals surface area contributed by atoms with Gasteiger partial charge in [-0.05, 0) is 75.2 Å². The lowest BCUT2D eigenvalue weighted by Gasteiger charge is -2.23. The van der Waals surface area contributed by atoms with E-state index < -0.39 is 12.2 Å². The number of carbonyl (C=O) groups is 2. The van der Waals surface area contributed by atoms with Crippen molar-refractivity contribution in [2.45, 2.75) is 66.6 Å². The average Bonchev–Trinajstić information content (AvgIpc) is 3.10. The summed E-state index contributed by atoms with van der Waals surface area (Å²) in [6.07, 6.45) is -0.826. The first kappa shape index (κ1) is 36.1. The van der Waals surface area contributed by atoms with Crippen LogP contribution in [0.2, 0.25) is 0 Å². The summed E-state index contributed by atoms with van der Waals surface area (Å²) < 4.78 is 36.8. The second kappa shape index (κ2) is 16.9. The van der Waals surface area contributed by atoms with Crippen molar-refractivity contribution >= 4 is 33.5 Å². The van der Waals surface area contributed by atoms with E-state index in [9.17, 15) is 9.59 Å². The van der Waals surface area contributed by atoms with Crippen molar-refractivity contribution in [3.05, 3.63) is 107 Å². The molecule has 2 unspecified atom stereocenters. The largest absolute Gasteiger partial charge is 0.490 e. The van der Waals surface area contributed by atoms with Gasteiger partial charge in [0.2, 0.25) is 0 Å². The van der Waals surface area contributed by atoms with Crippen molar-refractivity contribution in [1.29, 1.82) is 0 Å². The Morgan fingerprint density at radius 1 is 0.480 bits per heavy atom. The third kappa shape index (κ3) is 9.47. The first-order chi connectivity index (χ1) is 24.1. The van der Waals surface area contributed by atoms with Crippen molar-refractivity contribution in [2.75, 3.05) is 26.4 Å². The van der Waals surface area contributed by atoms with Crippen molar-refractivity contribution in [3.8, 4) is 23.0 Å². The van der Waals surface area contributed by atoms with E-state index in [1.54, 1.807) is 13.8 Å². The summed E-state index contributed by atoms with van der Waals surface area (Å²) in [7, 11) is 0. The van der Waals surface area contributed by atoms with Gasteiger partial charge in [0.05, 0.1) is 0 Å². The van der Waals surface area contributed by atoms with Crippen molar-refractivity contribution in [1.82, 2.24) is 0 Å². The fraction of sp³-hybridized carbons (Fsp3) is 0.333. The summed E-state index contributed by atoms with van der Waals surface area (Å²) in [5.41, 5.74) is 4.22. The van der Waals surface area contributed by atoms with Gasteiger partial charge in [-0.2, -0.15) is 0 Å². The predicted octanol–water partition coefficient (Wildman–Crippen LogP) is 8.79. The maximum atomic E-state index is 12.4. The third-order valence-corrected chi connectivity index (χ3v) is 8.18. The summed E-state index contributed by atoms with van der Waals surface area (Å²) in [6.45, 7) is 12.0. The lowest BCUT2D eigenvalue weighted by molar-refractivity contribution is -0.152. The number of aryl methyl sites for hydroxylation is 4. The zero-order valence-corrected chi connectivity index (χ0v) is 29.7. The molecule has 0 aliphatic rings. The van der Waals surface area contributed by atoms with Gasteiger partial charge in [-0.25, -0.2) is 0 Å². The Labute approximate surface area is 294 Å². The average molecular weight is 679 g/mol. The molecule has 0 spiro atoms. The van der Waals surface area contributed by atoms with E-state index in [0.717, 1.165) is 43.8 Å². The quantitative estimate of drug-likeness (QED) is 0.0756. The van der Waals surface area contributed by atoms with Crippen LogP contribution in [-0.4, -0.2) is 50.6 Å². The molecular weight excluding hydrogens is 632 g/mol. The first-order valence-corrected chi connectivity index (χ1v) is 17.1. The molecule has 0 aliphatic carbocycles. The normalized spacial score (nSPS) is 12.3. The van der Waals surface area contributed by atoms with E-state index in [1.807, 2.05) is 100 Å². The molecule has 0 radical (unpaired) electrons. The van der Waals surface area contributed by atoms with Crippen LogP contribution in [0, 0.1) is 27.7 Å². The minimum atomic E-state index is -0.651. The van der Waals surface area contributed by atoms with Crippen LogP contribution in [0.4, 0.5) is 0 Å². The van der Waals surface area contributed by atoms with Crippen LogP contribution in [0.25, 0.3) is 21.5 Å². The number of hydrogen-bond acceptors (Lipinski definition) is 8. The molecule has 2 atom stereocenters. The van der Waals surface area contributed by atoms with E-state index in [4.69, 9.17) is 28.4 Å². The Balaban J connectivity index is 1.46. The lowest BCUT2D eigenvalue weighted by atomic mass is 9.97. The molecule has 0 bridgehead atoms. The van der Waals surface area contributed by atoms with Gasteiger partial charge < -0.3 is 28.4 Å². The van der Waals surface area contributed by atoms with Crippen LogP contribution in [0.15, 0.2) is 84.9 Å². The molecule has 0 aromatic heterocycles. The molecule has 0 N–H and O–H groups in total. The van der Waals surface area contributed by atoms with E-state index in [1.165, 1.54) is 0 Å². The maximum absolute atomic E-state index is 12.4. The van der Waals surface area contributed by atoms with E-state index in [2.05, 4.69) is 12.1 Å². The van der Waals surface area contributed by atoms with Crippen LogP contribution in [0.1, 0.15) is 48.9 Å². The molecule has 8 nitrogen and oxygen atoms in total. The van der Waals surface area contributed by atoms with Gasteiger partial charge in [0, 0.05) is 34.4 Å². The standard InChI is InChI=1S/C42H46O8/c1-7-39(43)49-33(23-45-31-13-9-11-27(3)19-31)25-47-41-35-17-15-30(6)22-38(35)42(36-18-16-29(5)21-37(36)41)48-26-34(50-40(44)8-2)24-46-32-14-10-12-28(4)20-32/h9-22,33-34H,7-8,23-26H2,1-6H3. The fourth-order valence-electron chi connectivity index (χ4n) is 5.60. The SMILES string of the molecule is CCC(=O)OC(COc1cccc(C)c1)COc1c2ccc(C)cc2c(OCC(COc2cccc(C)c2)OC(=O)CC)c2ccc(C)cc12. The fourth-order valence-corrected chi connectivity index (χ4v) is 5.60. The number of ether oxygens (including phenoxy) is 6. The number of fused-ring (bicyclic) bond motifs is 2. The molecule has 0 heterocycles. The highest BCUT2D eigenvalue weighted by Crippen LogP contribution is 2.44. The molecule has 5 rings (SSSR count). The highest BCUT2D eigenvalue weighted by molar-refractivity contribution is 6.11. The summed E-state index contributed by atoms with van der Waals surface area (Å²) in [6, 6.07) is 27.7. The lowest BCUT2D eigenvalue weighted by Crippen LogP contribution is -2.31. The predicted molar refractivity (Wildman–Crippen MR) is 196 cm³/mol. The van der Waals surface area contributed by atoms with Gasteiger partial charge in [-0.3, -0.25) is 9.59 Å². The van der Waals surface area contributed by atoms with Crippen LogP contribution in [0.3, 0.4) is 0 Å². The molecule has 0 amide bonds. The minimum absolute atomic E-state index is 0.0785. The first-order valence-electron chi connectivity index (χ1n) is 17.1. The van der Waals surface area contributed by atoms with Gasteiger partial charge in [-0.1, -0.05) is 73.5 Å². The van der Waals surface area contributed by atoms with Crippen LogP contribution in [0.5, 0.6) is 23.0 Å². The monoisotopic (exact) mass is 678 g/mol. The number of carbonyl (C=O) groups excluding carboxylic acids is 2. The second-order valence-corrected chi connectivity index (χ2v) is 12.6. The molecule has 5 aromatic carbocycles. The van der Waals surface area contributed by atoms with Gasteiger partial charge in [0.25, 0.3) is 0 Å². The molecule has 262 valence electrons. The molecule has 8 heteroatoms. The van der Waals surface area contributed by atoms with Crippen LogP contribution < -0.4 is 18.9 Å². The molecule has 0 fully saturated rings. The second-order valence-electron chi connectivity index (χ2n) is 12.6. The highest BCUT2D eigenvalue weighted by atomic mass is 16.6. The van der Waals surface area contributed by atoms with E-state index in [0.29, 0.717) is 23.0 Å². The number of rotatable bonds is 16. The summed E-state index contributed by atoms with van der Waals surface area (Å²) in [5, 5.41) is 3.35. The van der Waals surface area contributed by atoms with Crippen molar-refractivity contribution in [2.24, 2.45) is 0 Å². The number of benzene rings is 5. The number of esters is 2. The van der Waals surface area contributed by atoms with Crippen LogP contribution >= 0.6 is 0 Å². The molecule has 0 saturated heterocycles. The topological polar surface area (TPSA) is 89.5 Å². The molecular formula is C42H46O8. The maximum Gasteiger partial charge on any atom is 0.306 e. The zero-order valence-electron chi connectivity index (χ0n) is 29.7. The summed E-state index contributed by atoms with van der Waals surface area (Å²) in [4.78, 5) is 24.8. The van der Waals surface area contributed by atoms with E-state index in [-0.39, 0.29) is 51.2 Å². The Morgan fingerprint density at radius 2 is 0.860 bits per heavy atom. The molecule has 0 saturated carbocycles. The van der Waals surface area contributed by atoms with Gasteiger partial charge in [0.1, 0.15) is 49.4 Å².